The van der Waals surface area contributed by atoms with Crippen molar-refractivity contribution in [1.29, 1.82) is 0 Å². The van der Waals surface area contributed by atoms with E-state index in [0.717, 1.165) is 22.3 Å². The van der Waals surface area contributed by atoms with E-state index in [4.69, 9.17) is 46.0 Å². The molecule has 1 atom stereocenters. The van der Waals surface area contributed by atoms with Crippen LogP contribution in [-0.4, -0.2) is 16.0 Å². The smallest absolute Gasteiger partial charge is 0.234 e. The zero-order valence-electron chi connectivity index (χ0n) is 11.9. The molecule has 0 aliphatic heterocycles. The fourth-order valence-electron chi connectivity index (χ4n) is 2.11. The Morgan fingerprint density at radius 1 is 1.20 bits per heavy atom. The number of rotatable bonds is 3. The van der Waals surface area contributed by atoms with Crippen molar-refractivity contribution in [2.24, 2.45) is 0 Å². The maximum Gasteiger partial charge on any atom is 0.234 e. The third-order valence-electron chi connectivity index (χ3n) is 3.64. The summed E-state index contributed by atoms with van der Waals surface area (Å²) in [5, 5.41) is 10.6. The molecule has 1 aromatic rings. The predicted molar refractivity (Wildman–Crippen MR) is 84.4 cm³/mol. The monoisotopic (exact) mass is 334 g/mol. The normalized spacial score (nSPS) is 14.8. The standard InChI is InChI=1S/C15H17Cl3O2/c1-6-14(19,15(16,17)18)13-7-12(8-20-5)10(3)9(2)11(13)4/h1,7,19H,8H2,2-5H3. The Kier molecular flexibility index (Phi) is 5.40. The van der Waals surface area contributed by atoms with Gasteiger partial charge >= 0.3 is 0 Å². The van der Waals surface area contributed by atoms with Crippen LogP contribution in [0.5, 0.6) is 0 Å². The van der Waals surface area contributed by atoms with Gasteiger partial charge in [-0.15, -0.1) is 6.42 Å². The van der Waals surface area contributed by atoms with Gasteiger partial charge in [0.15, 0.2) is 5.60 Å². The van der Waals surface area contributed by atoms with Gasteiger partial charge in [0.2, 0.25) is 3.79 Å². The molecule has 0 amide bonds. The summed E-state index contributed by atoms with van der Waals surface area (Å²) in [7, 11) is 1.59. The molecule has 1 N–H and O–H groups in total. The Bertz CT molecular complexity index is 556. The Morgan fingerprint density at radius 3 is 2.15 bits per heavy atom. The Labute approximate surface area is 135 Å². The number of alkyl halides is 3. The van der Waals surface area contributed by atoms with Crippen LogP contribution in [-0.2, 0) is 16.9 Å². The van der Waals surface area contributed by atoms with E-state index in [1.807, 2.05) is 20.8 Å². The van der Waals surface area contributed by atoms with Gasteiger partial charge in [-0.25, -0.2) is 0 Å². The number of terminal acetylenes is 1. The van der Waals surface area contributed by atoms with Crippen molar-refractivity contribution in [2.75, 3.05) is 7.11 Å². The van der Waals surface area contributed by atoms with Crippen molar-refractivity contribution in [3.63, 3.8) is 0 Å². The average Bonchev–Trinajstić information content (AvgIpc) is 2.37. The molecule has 5 heteroatoms. The van der Waals surface area contributed by atoms with Crippen molar-refractivity contribution in [2.45, 2.75) is 36.8 Å². The summed E-state index contributed by atoms with van der Waals surface area (Å²) in [6.45, 7) is 6.14. The summed E-state index contributed by atoms with van der Waals surface area (Å²) >= 11 is 17.6. The topological polar surface area (TPSA) is 29.5 Å². The van der Waals surface area contributed by atoms with Gasteiger partial charge in [0.05, 0.1) is 6.61 Å². The number of halogens is 3. The number of ether oxygens (including phenoxy) is 1. The molecule has 20 heavy (non-hydrogen) atoms. The highest BCUT2D eigenvalue weighted by atomic mass is 35.6. The number of hydrogen-bond acceptors (Lipinski definition) is 2. The van der Waals surface area contributed by atoms with Crippen LogP contribution in [0.15, 0.2) is 6.07 Å². The van der Waals surface area contributed by atoms with Gasteiger partial charge in [0.25, 0.3) is 0 Å². The van der Waals surface area contributed by atoms with Crippen LogP contribution in [0.4, 0.5) is 0 Å². The molecule has 0 aliphatic rings. The van der Waals surface area contributed by atoms with Crippen LogP contribution in [0.2, 0.25) is 0 Å². The lowest BCUT2D eigenvalue weighted by atomic mass is 9.85. The minimum Gasteiger partial charge on any atom is -0.380 e. The largest absolute Gasteiger partial charge is 0.380 e. The first kappa shape index (κ1) is 17.6. The summed E-state index contributed by atoms with van der Waals surface area (Å²) in [5.41, 5.74) is 2.16. The molecule has 0 radical (unpaired) electrons. The van der Waals surface area contributed by atoms with E-state index in [-0.39, 0.29) is 0 Å². The molecule has 0 saturated heterocycles. The Hall–Kier alpha value is -0.430. The average molecular weight is 336 g/mol. The molecule has 2 nitrogen and oxygen atoms in total. The van der Waals surface area contributed by atoms with Gasteiger partial charge in [-0.05, 0) is 49.1 Å². The van der Waals surface area contributed by atoms with Crippen molar-refractivity contribution in [1.82, 2.24) is 0 Å². The molecule has 0 bridgehead atoms. The highest BCUT2D eigenvalue weighted by Crippen LogP contribution is 2.46. The molecule has 0 fully saturated rings. The number of methoxy groups -OCH3 is 1. The molecular weight excluding hydrogens is 319 g/mol. The Morgan fingerprint density at radius 2 is 1.75 bits per heavy atom. The minimum absolute atomic E-state index is 0.389. The number of aliphatic hydroxyl groups is 1. The fraction of sp³-hybridized carbons (Fsp3) is 0.467. The maximum atomic E-state index is 10.6. The number of hydrogen-bond donors (Lipinski definition) is 1. The van der Waals surface area contributed by atoms with E-state index in [9.17, 15) is 5.11 Å². The summed E-state index contributed by atoms with van der Waals surface area (Å²) < 4.78 is 3.13. The lowest BCUT2D eigenvalue weighted by Gasteiger charge is -2.32. The molecule has 110 valence electrons. The van der Waals surface area contributed by atoms with E-state index in [1.165, 1.54) is 0 Å². The van der Waals surface area contributed by atoms with E-state index < -0.39 is 9.39 Å². The second-order valence-electron chi connectivity index (χ2n) is 4.74. The van der Waals surface area contributed by atoms with Gasteiger partial charge < -0.3 is 9.84 Å². The van der Waals surface area contributed by atoms with Gasteiger partial charge in [0, 0.05) is 12.7 Å². The second-order valence-corrected chi connectivity index (χ2v) is 7.03. The van der Waals surface area contributed by atoms with Crippen LogP contribution in [0.1, 0.15) is 27.8 Å². The molecular formula is C15H17Cl3O2. The second kappa shape index (κ2) is 6.13. The van der Waals surface area contributed by atoms with Crippen LogP contribution >= 0.6 is 34.8 Å². The highest BCUT2D eigenvalue weighted by Gasteiger charge is 2.48. The SMILES string of the molecule is C#CC(O)(c1cc(COC)c(C)c(C)c1C)C(Cl)(Cl)Cl. The lowest BCUT2D eigenvalue weighted by Crippen LogP contribution is -2.39. The van der Waals surface area contributed by atoms with Gasteiger partial charge in [-0.2, -0.15) is 0 Å². The van der Waals surface area contributed by atoms with Gasteiger partial charge in [-0.3, -0.25) is 0 Å². The molecule has 0 spiro atoms. The van der Waals surface area contributed by atoms with Gasteiger partial charge in [-0.1, -0.05) is 40.7 Å². The summed E-state index contributed by atoms with van der Waals surface area (Å²) in [6.07, 6.45) is 5.42. The van der Waals surface area contributed by atoms with Gasteiger partial charge in [0.1, 0.15) is 0 Å². The molecule has 0 aromatic heterocycles. The first-order valence-electron chi connectivity index (χ1n) is 5.96. The van der Waals surface area contributed by atoms with E-state index in [2.05, 4.69) is 5.92 Å². The number of benzene rings is 1. The molecule has 0 heterocycles. The van der Waals surface area contributed by atoms with Crippen LogP contribution in [0.25, 0.3) is 0 Å². The van der Waals surface area contributed by atoms with Crippen molar-refractivity contribution >= 4 is 34.8 Å². The zero-order valence-corrected chi connectivity index (χ0v) is 14.1. The van der Waals surface area contributed by atoms with E-state index in [1.54, 1.807) is 13.2 Å². The maximum absolute atomic E-state index is 10.6. The van der Waals surface area contributed by atoms with Crippen LogP contribution < -0.4 is 0 Å². The summed E-state index contributed by atoms with van der Waals surface area (Å²) in [6, 6.07) is 1.74. The quantitative estimate of drug-likeness (QED) is 0.669. The van der Waals surface area contributed by atoms with E-state index >= 15 is 0 Å². The third-order valence-corrected chi connectivity index (χ3v) is 4.46. The fourth-order valence-corrected chi connectivity index (χ4v) is 2.58. The third kappa shape index (κ3) is 2.93. The van der Waals surface area contributed by atoms with Crippen LogP contribution in [0.3, 0.4) is 0 Å². The molecule has 1 unspecified atom stereocenters. The summed E-state index contributed by atoms with van der Waals surface area (Å²) in [5.74, 6) is 2.21. The zero-order chi connectivity index (χ0) is 15.7. The summed E-state index contributed by atoms with van der Waals surface area (Å²) in [4.78, 5) is 0. The molecule has 1 aromatic carbocycles. The molecule has 1 rings (SSSR count). The molecule has 0 saturated carbocycles. The van der Waals surface area contributed by atoms with E-state index in [0.29, 0.717) is 12.2 Å². The van der Waals surface area contributed by atoms with Crippen molar-refractivity contribution in [3.8, 4) is 12.3 Å². The molecule has 0 aliphatic carbocycles. The van der Waals surface area contributed by atoms with Crippen LogP contribution in [0, 0.1) is 33.1 Å². The Balaban J connectivity index is 3.65. The van der Waals surface area contributed by atoms with Crippen molar-refractivity contribution < 1.29 is 9.84 Å². The minimum atomic E-state index is -2.03. The van der Waals surface area contributed by atoms with Crippen molar-refractivity contribution in [3.05, 3.63) is 33.9 Å². The lowest BCUT2D eigenvalue weighted by molar-refractivity contribution is 0.104. The highest BCUT2D eigenvalue weighted by molar-refractivity contribution is 6.68. The first-order valence-corrected chi connectivity index (χ1v) is 7.09. The predicted octanol–water partition coefficient (Wildman–Crippen LogP) is 3.95. The first-order chi connectivity index (χ1) is 9.10.